The topological polar surface area (TPSA) is 67.2 Å². The Morgan fingerprint density at radius 3 is 2.90 bits per heavy atom. The lowest BCUT2D eigenvalue weighted by molar-refractivity contribution is 0.0963. The number of nitrogen functional groups attached to an aromatic ring is 1. The third-order valence-corrected chi connectivity index (χ3v) is 5.07. The van der Waals surface area contributed by atoms with Gasteiger partial charge in [-0.1, -0.05) is 17.7 Å². The molecule has 1 amide bonds. The molecule has 112 valence electrons. The van der Waals surface area contributed by atoms with Gasteiger partial charge in [-0.2, -0.15) is 0 Å². The molecule has 0 aromatic carbocycles. The summed E-state index contributed by atoms with van der Waals surface area (Å²) in [5.41, 5.74) is 6.36. The van der Waals surface area contributed by atoms with E-state index in [0.717, 1.165) is 22.3 Å². The molecule has 21 heavy (non-hydrogen) atoms. The highest BCUT2D eigenvalue weighted by molar-refractivity contribution is 7.18. The fourth-order valence-electron chi connectivity index (χ4n) is 1.71. The Kier molecular flexibility index (Phi) is 5.67. The van der Waals surface area contributed by atoms with E-state index < -0.39 is 0 Å². The summed E-state index contributed by atoms with van der Waals surface area (Å²) in [6.07, 6.45) is 2.51. The zero-order valence-corrected chi connectivity index (χ0v) is 13.7. The molecule has 0 unspecified atom stereocenters. The molecule has 4 N–H and O–H groups in total. The van der Waals surface area contributed by atoms with Crippen LogP contribution in [-0.4, -0.2) is 19.0 Å². The van der Waals surface area contributed by atoms with Gasteiger partial charge < -0.3 is 16.4 Å². The van der Waals surface area contributed by atoms with Gasteiger partial charge in [0.25, 0.3) is 5.91 Å². The lowest BCUT2D eigenvalue weighted by atomic mass is 10.3. The number of hydrogen-bond donors (Lipinski definition) is 3. The smallest absolute Gasteiger partial charge is 0.263 e. The molecule has 0 radical (unpaired) electrons. The SMILES string of the molecule is C=CCNC(=O)c1sc(NCCc2ccc(Cl)s2)cc1N. The van der Waals surface area contributed by atoms with Crippen LogP contribution in [0.3, 0.4) is 0 Å². The van der Waals surface area contributed by atoms with Crippen molar-refractivity contribution in [3.8, 4) is 0 Å². The lowest BCUT2D eigenvalue weighted by Gasteiger charge is -2.01. The minimum atomic E-state index is -0.171. The molecular formula is C14H16ClN3OS2. The van der Waals surface area contributed by atoms with Crippen molar-refractivity contribution in [2.45, 2.75) is 6.42 Å². The van der Waals surface area contributed by atoms with Crippen LogP contribution in [0.15, 0.2) is 30.9 Å². The van der Waals surface area contributed by atoms with Gasteiger partial charge in [0.15, 0.2) is 0 Å². The number of thiophene rings is 2. The van der Waals surface area contributed by atoms with Gasteiger partial charge in [0, 0.05) is 18.0 Å². The van der Waals surface area contributed by atoms with Crippen LogP contribution in [0.25, 0.3) is 0 Å². The van der Waals surface area contributed by atoms with Gasteiger partial charge in [0.2, 0.25) is 0 Å². The van der Waals surface area contributed by atoms with Crippen LogP contribution in [0, 0.1) is 0 Å². The molecule has 0 fully saturated rings. The molecule has 2 aromatic rings. The number of halogens is 1. The van der Waals surface area contributed by atoms with Gasteiger partial charge in [-0.3, -0.25) is 4.79 Å². The summed E-state index contributed by atoms with van der Waals surface area (Å²) >= 11 is 8.82. The number of nitrogens with one attached hydrogen (secondary N) is 2. The predicted molar refractivity (Wildman–Crippen MR) is 92.8 cm³/mol. The quantitative estimate of drug-likeness (QED) is 0.674. The van der Waals surface area contributed by atoms with E-state index in [-0.39, 0.29) is 5.91 Å². The molecule has 0 spiro atoms. The van der Waals surface area contributed by atoms with Crippen molar-refractivity contribution in [3.05, 3.63) is 44.9 Å². The van der Waals surface area contributed by atoms with Gasteiger partial charge in [-0.15, -0.1) is 29.3 Å². The minimum absolute atomic E-state index is 0.171. The molecule has 2 aromatic heterocycles. The van der Waals surface area contributed by atoms with Crippen LogP contribution >= 0.6 is 34.3 Å². The van der Waals surface area contributed by atoms with Gasteiger partial charge in [0.05, 0.1) is 15.0 Å². The van der Waals surface area contributed by atoms with Crippen LogP contribution in [0.5, 0.6) is 0 Å². The molecule has 0 aliphatic heterocycles. The van der Waals surface area contributed by atoms with Gasteiger partial charge >= 0.3 is 0 Å². The van der Waals surface area contributed by atoms with Crippen molar-refractivity contribution in [1.29, 1.82) is 0 Å². The molecule has 2 heterocycles. The second-order valence-electron chi connectivity index (χ2n) is 4.28. The van der Waals surface area contributed by atoms with Crippen LogP contribution in [-0.2, 0) is 6.42 Å². The summed E-state index contributed by atoms with van der Waals surface area (Å²) in [6.45, 7) is 4.76. The highest BCUT2D eigenvalue weighted by Gasteiger charge is 2.13. The van der Waals surface area contributed by atoms with Crippen molar-refractivity contribution in [3.63, 3.8) is 0 Å². The van der Waals surface area contributed by atoms with Crippen molar-refractivity contribution in [2.75, 3.05) is 24.1 Å². The number of carbonyl (C=O) groups is 1. The number of carbonyl (C=O) groups excluding carboxylic acids is 1. The monoisotopic (exact) mass is 341 g/mol. The molecule has 0 saturated heterocycles. The maximum absolute atomic E-state index is 11.9. The van der Waals surface area contributed by atoms with E-state index in [1.165, 1.54) is 16.2 Å². The Morgan fingerprint density at radius 2 is 2.24 bits per heavy atom. The average molecular weight is 342 g/mol. The van der Waals surface area contributed by atoms with E-state index >= 15 is 0 Å². The Morgan fingerprint density at radius 1 is 1.43 bits per heavy atom. The number of anilines is 2. The van der Waals surface area contributed by atoms with E-state index in [2.05, 4.69) is 17.2 Å². The molecule has 0 aliphatic rings. The van der Waals surface area contributed by atoms with E-state index in [9.17, 15) is 4.79 Å². The second kappa shape index (κ2) is 7.49. The largest absolute Gasteiger partial charge is 0.397 e. The standard InChI is InChI=1S/C14H16ClN3OS2/c1-2-6-18-14(19)13-10(16)8-12(21-13)17-7-5-9-3-4-11(15)20-9/h2-4,8,17H,1,5-7,16H2,(H,18,19). The Hall–Kier alpha value is -1.50. The van der Waals surface area contributed by atoms with Gasteiger partial charge in [-0.05, 0) is 24.6 Å². The van der Waals surface area contributed by atoms with Crippen molar-refractivity contribution < 1.29 is 4.79 Å². The fourth-order valence-corrected chi connectivity index (χ4v) is 3.72. The molecular weight excluding hydrogens is 326 g/mol. The highest BCUT2D eigenvalue weighted by atomic mass is 35.5. The third kappa shape index (κ3) is 4.49. The molecule has 7 heteroatoms. The van der Waals surface area contributed by atoms with Crippen LogP contribution in [0.1, 0.15) is 14.5 Å². The fraction of sp³-hybridized carbons (Fsp3) is 0.214. The summed E-state index contributed by atoms with van der Waals surface area (Å²) in [5.74, 6) is -0.171. The third-order valence-electron chi connectivity index (χ3n) is 2.67. The maximum atomic E-state index is 11.9. The molecule has 4 nitrogen and oxygen atoms in total. The first kappa shape index (κ1) is 15.9. The molecule has 2 rings (SSSR count). The summed E-state index contributed by atoms with van der Waals surface area (Å²) in [4.78, 5) is 13.6. The van der Waals surface area contributed by atoms with E-state index in [1.807, 2.05) is 12.1 Å². The Bertz CT molecular complexity index is 636. The zero-order valence-electron chi connectivity index (χ0n) is 11.3. The van der Waals surface area contributed by atoms with Crippen molar-refractivity contribution in [2.24, 2.45) is 0 Å². The van der Waals surface area contributed by atoms with E-state index in [0.29, 0.717) is 17.1 Å². The first-order chi connectivity index (χ1) is 10.1. The Balaban J connectivity index is 1.89. The van der Waals surface area contributed by atoms with Crippen LogP contribution in [0.2, 0.25) is 4.34 Å². The zero-order chi connectivity index (χ0) is 15.2. The van der Waals surface area contributed by atoms with E-state index in [1.54, 1.807) is 23.5 Å². The summed E-state index contributed by atoms with van der Waals surface area (Å²) in [6, 6.07) is 5.70. The lowest BCUT2D eigenvalue weighted by Crippen LogP contribution is -2.22. The number of rotatable bonds is 7. The molecule has 0 aliphatic carbocycles. The first-order valence-electron chi connectivity index (χ1n) is 6.36. The summed E-state index contributed by atoms with van der Waals surface area (Å²) in [7, 11) is 0. The first-order valence-corrected chi connectivity index (χ1v) is 8.37. The summed E-state index contributed by atoms with van der Waals surface area (Å²) < 4.78 is 0.798. The Labute approximate surface area is 136 Å². The second-order valence-corrected chi connectivity index (χ2v) is 7.13. The van der Waals surface area contributed by atoms with Crippen molar-refractivity contribution in [1.82, 2.24) is 5.32 Å². The van der Waals surface area contributed by atoms with E-state index in [4.69, 9.17) is 17.3 Å². The highest BCUT2D eigenvalue weighted by Crippen LogP contribution is 2.29. The normalized spacial score (nSPS) is 10.3. The maximum Gasteiger partial charge on any atom is 0.263 e. The number of amides is 1. The van der Waals surface area contributed by atoms with Gasteiger partial charge in [-0.25, -0.2) is 0 Å². The number of nitrogens with two attached hydrogens (primary N) is 1. The average Bonchev–Trinajstić information content (AvgIpc) is 3.02. The molecule has 0 bridgehead atoms. The minimum Gasteiger partial charge on any atom is -0.397 e. The molecule has 0 atom stereocenters. The van der Waals surface area contributed by atoms with Crippen molar-refractivity contribution >= 4 is 50.9 Å². The molecule has 0 saturated carbocycles. The van der Waals surface area contributed by atoms with Crippen LogP contribution in [0.4, 0.5) is 10.7 Å². The summed E-state index contributed by atoms with van der Waals surface area (Å²) in [5, 5.41) is 6.88. The van der Waals surface area contributed by atoms with Crippen LogP contribution < -0.4 is 16.4 Å². The van der Waals surface area contributed by atoms with Gasteiger partial charge in [0.1, 0.15) is 4.88 Å². The number of hydrogen-bond acceptors (Lipinski definition) is 5. The predicted octanol–water partition coefficient (Wildman–Crippen LogP) is 3.62.